The average Bonchev–Trinajstić information content (AvgIpc) is 3.03. The summed E-state index contributed by atoms with van der Waals surface area (Å²) in [6.07, 6.45) is -0.910. The first-order chi connectivity index (χ1) is 13.3. The number of benzene rings is 1. The lowest BCUT2D eigenvalue weighted by Crippen LogP contribution is -2.38. The molecule has 0 aliphatic carbocycles. The molecule has 2 heterocycles. The van der Waals surface area contributed by atoms with Gasteiger partial charge < -0.3 is 19.7 Å². The van der Waals surface area contributed by atoms with Gasteiger partial charge in [0.25, 0.3) is 5.56 Å². The number of halogens is 1. The van der Waals surface area contributed by atoms with Crippen LogP contribution in [0.15, 0.2) is 33.9 Å². The minimum absolute atomic E-state index is 0.0128. The van der Waals surface area contributed by atoms with Crippen LogP contribution in [0.3, 0.4) is 0 Å². The molecule has 0 saturated carbocycles. The summed E-state index contributed by atoms with van der Waals surface area (Å²) in [6.45, 7) is 2.54. The molecule has 2 N–H and O–H groups in total. The second-order valence-electron chi connectivity index (χ2n) is 6.37. The number of rotatable bonds is 7. The quantitative estimate of drug-likeness (QED) is 0.604. The first-order valence-electron chi connectivity index (χ1n) is 8.80. The lowest BCUT2D eigenvalue weighted by atomic mass is 10.3. The predicted octanol–water partition coefficient (Wildman–Crippen LogP) is 0.959. The molecule has 0 saturated heterocycles. The zero-order valence-electron chi connectivity index (χ0n) is 15.8. The van der Waals surface area contributed by atoms with Gasteiger partial charge >= 0.3 is 5.69 Å². The summed E-state index contributed by atoms with van der Waals surface area (Å²) < 4.78 is 9.49. The lowest BCUT2D eigenvalue weighted by Gasteiger charge is -2.16. The fourth-order valence-corrected chi connectivity index (χ4v) is 3.03. The third kappa shape index (κ3) is 3.76. The highest BCUT2D eigenvalue weighted by Crippen LogP contribution is 2.18. The molecule has 10 heteroatoms. The first kappa shape index (κ1) is 20.0. The zero-order chi connectivity index (χ0) is 20.4. The Morgan fingerprint density at radius 1 is 1.21 bits per heavy atom. The fourth-order valence-electron chi connectivity index (χ4n) is 2.90. The van der Waals surface area contributed by atoms with Crippen molar-refractivity contribution in [3.05, 3.63) is 50.1 Å². The number of imidazole rings is 1. The van der Waals surface area contributed by atoms with Crippen LogP contribution in [0.25, 0.3) is 11.2 Å². The zero-order valence-corrected chi connectivity index (χ0v) is 16.6. The number of anilines is 1. The molecule has 1 atom stereocenters. The molecule has 0 aliphatic rings. The highest BCUT2D eigenvalue weighted by atomic mass is 35.5. The first-order valence-corrected chi connectivity index (χ1v) is 9.17. The summed E-state index contributed by atoms with van der Waals surface area (Å²) >= 11 is 5.85. The van der Waals surface area contributed by atoms with Gasteiger partial charge in [-0.2, -0.15) is 4.98 Å². The van der Waals surface area contributed by atoms with Crippen LogP contribution < -0.4 is 21.3 Å². The highest BCUT2D eigenvalue weighted by Gasteiger charge is 2.21. The van der Waals surface area contributed by atoms with E-state index in [1.54, 1.807) is 35.9 Å². The number of aliphatic hydroxyl groups excluding tert-OH is 1. The highest BCUT2D eigenvalue weighted by molar-refractivity contribution is 6.30. The summed E-state index contributed by atoms with van der Waals surface area (Å²) in [5, 5.41) is 14.1. The van der Waals surface area contributed by atoms with Gasteiger partial charge in [-0.05, 0) is 31.2 Å². The molecule has 0 unspecified atom stereocenters. The predicted molar refractivity (Wildman–Crippen MR) is 107 cm³/mol. The Bertz CT molecular complexity index is 1100. The molecular formula is C18H22ClN5O4. The molecule has 1 aromatic carbocycles. The van der Waals surface area contributed by atoms with Crippen LogP contribution in [0, 0.1) is 0 Å². The van der Waals surface area contributed by atoms with Gasteiger partial charge in [0.1, 0.15) is 18.5 Å². The van der Waals surface area contributed by atoms with Gasteiger partial charge in [0, 0.05) is 25.7 Å². The van der Waals surface area contributed by atoms with Crippen LogP contribution in [0.1, 0.15) is 6.92 Å². The van der Waals surface area contributed by atoms with Gasteiger partial charge in [-0.25, -0.2) is 4.79 Å². The Hall–Kier alpha value is -2.78. The standard InChI is InChI=1S/C18H22ClN5O4/c1-4-20-17-21-15-14(16(26)23(3)18(27)22(15)2)24(17)9-12(25)10-28-13-7-5-11(19)6-8-13/h5-8,12,25H,4,9-10H2,1-3H3,(H,20,21)/t12-/m1/s1. The molecule has 0 bridgehead atoms. The van der Waals surface area contributed by atoms with Gasteiger partial charge in [-0.15, -0.1) is 0 Å². The van der Waals surface area contributed by atoms with E-state index in [1.807, 2.05) is 6.92 Å². The summed E-state index contributed by atoms with van der Waals surface area (Å²) in [5.74, 6) is 0.977. The monoisotopic (exact) mass is 407 g/mol. The van der Waals surface area contributed by atoms with Crippen molar-refractivity contribution in [3.63, 3.8) is 0 Å². The fraction of sp³-hybridized carbons (Fsp3) is 0.389. The normalized spacial score (nSPS) is 12.3. The van der Waals surface area contributed by atoms with E-state index >= 15 is 0 Å². The van der Waals surface area contributed by atoms with E-state index in [1.165, 1.54) is 11.6 Å². The lowest BCUT2D eigenvalue weighted by molar-refractivity contribution is 0.0938. The molecule has 3 aromatic rings. The number of aryl methyl sites for hydroxylation is 1. The van der Waals surface area contributed by atoms with Crippen LogP contribution in [-0.2, 0) is 20.6 Å². The molecule has 150 valence electrons. The number of nitrogens with zero attached hydrogens (tertiary/aromatic N) is 4. The molecule has 0 spiro atoms. The van der Waals surface area contributed by atoms with E-state index in [0.29, 0.717) is 23.3 Å². The maximum Gasteiger partial charge on any atom is 0.332 e. The van der Waals surface area contributed by atoms with E-state index in [4.69, 9.17) is 16.3 Å². The summed E-state index contributed by atoms with van der Waals surface area (Å²) in [5.41, 5.74) is -0.432. The van der Waals surface area contributed by atoms with Crippen molar-refractivity contribution in [2.24, 2.45) is 14.1 Å². The van der Waals surface area contributed by atoms with Gasteiger partial charge in [-0.1, -0.05) is 11.6 Å². The van der Waals surface area contributed by atoms with E-state index in [2.05, 4.69) is 10.3 Å². The van der Waals surface area contributed by atoms with Crippen molar-refractivity contribution in [2.45, 2.75) is 19.6 Å². The molecular weight excluding hydrogens is 386 g/mol. The topological polar surface area (TPSA) is 103 Å². The Morgan fingerprint density at radius 2 is 1.89 bits per heavy atom. The maximum atomic E-state index is 12.7. The summed E-state index contributed by atoms with van der Waals surface area (Å²) in [7, 11) is 2.96. The smallest absolute Gasteiger partial charge is 0.332 e. The van der Waals surface area contributed by atoms with Crippen LogP contribution in [0.2, 0.25) is 5.02 Å². The van der Waals surface area contributed by atoms with Crippen molar-refractivity contribution in [1.82, 2.24) is 18.7 Å². The summed E-state index contributed by atoms with van der Waals surface area (Å²) in [6, 6.07) is 6.80. The van der Waals surface area contributed by atoms with E-state index in [-0.39, 0.29) is 24.3 Å². The van der Waals surface area contributed by atoms with Gasteiger partial charge in [0.15, 0.2) is 11.2 Å². The third-order valence-corrected chi connectivity index (χ3v) is 4.58. The van der Waals surface area contributed by atoms with Crippen molar-refractivity contribution in [3.8, 4) is 5.75 Å². The van der Waals surface area contributed by atoms with E-state index in [9.17, 15) is 14.7 Å². The van der Waals surface area contributed by atoms with E-state index in [0.717, 1.165) is 4.57 Å². The summed E-state index contributed by atoms with van der Waals surface area (Å²) in [4.78, 5) is 29.2. The minimum atomic E-state index is -0.910. The molecule has 0 fully saturated rings. The number of fused-ring (bicyclic) bond motifs is 1. The van der Waals surface area contributed by atoms with Gasteiger partial charge in [-0.3, -0.25) is 13.9 Å². The number of nitrogens with one attached hydrogen (secondary N) is 1. The second kappa shape index (κ2) is 8.07. The maximum absolute atomic E-state index is 12.7. The second-order valence-corrected chi connectivity index (χ2v) is 6.81. The van der Waals surface area contributed by atoms with E-state index < -0.39 is 17.4 Å². The number of aromatic nitrogens is 4. The van der Waals surface area contributed by atoms with Crippen molar-refractivity contribution >= 4 is 28.7 Å². The Balaban J connectivity index is 1.92. The van der Waals surface area contributed by atoms with Crippen LogP contribution in [-0.4, -0.2) is 43.0 Å². The van der Waals surface area contributed by atoms with Gasteiger partial charge in [0.2, 0.25) is 5.95 Å². The van der Waals surface area contributed by atoms with Crippen LogP contribution >= 0.6 is 11.6 Å². The van der Waals surface area contributed by atoms with Crippen LogP contribution in [0.4, 0.5) is 5.95 Å². The minimum Gasteiger partial charge on any atom is -0.491 e. The Kier molecular flexibility index (Phi) is 5.76. The van der Waals surface area contributed by atoms with Crippen LogP contribution in [0.5, 0.6) is 5.75 Å². The molecule has 28 heavy (non-hydrogen) atoms. The number of aliphatic hydroxyl groups is 1. The third-order valence-electron chi connectivity index (χ3n) is 4.33. The molecule has 2 aromatic heterocycles. The molecule has 9 nitrogen and oxygen atoms in total. The molecule has 3 rings (SSSR count). The van der Waals surface area contributed by atoms with Crippen molar-refractivity contribution < 1.29 is 9.84 Å². The largest absolute Gasteiger partial charge is 0.491 e. The molecule has 0 amide bonds. The van der Waals surface area contributed by atoms with Crippen molar-refractivity contribution in [1.29, 1.82) is 0 Å². The van der Waals surface area contributed by atoms with Gasteiger partial charge in [0.05, 0.1) is 6.54 Å². The molecule has 0 radical (unpaired) electrons. The Labute approximate surface area is 165 Å². The average molecular weight is 408 g/mol. The number of hydrogen-bond donors (Lipinski definition) is 2. The Morgan fingerprint density at radius 3 is 2.54 bits per heavy atom. The number of hydrogen-bond acceptors (Lipinski definition) is 6. The SMILES string of the molecule is CCNc1nc2c(c(=O)n(C)c(=O)n2C)n1C[C@@H](O)COc1ccc(Cl)cc1. The number of ether oxygens (including phenoxy) is 1. The molecule has 0 aliphatic heterocycles. The van der Waals surface area contributed by atoms with Crippen molar-refractivity contribution in [2.75, 3.05) is 18.5 Å².